The fraction of sp³-hybridized carbons (Fsp3) is 0.500. The summed E-state index contributed by atoms with van der Waals surface area (Å²) in [6, 6.07) is 5.64. The lowest BCUT2D eigenvalue weighted by atomic mass is 10.1. The number of amidine groups is 1. The van der Waals surface area contributed by atoms with Crippen molar-refractivity contribution in [2.24, 2.45) is 10.2 Å². The Hall–Kier alpha value is -2.37. The number of benzene rings is 1. The van der Waals surface area contributed by atoms with Crippen molar-refractivity contribution >= 4 is 29.3 Å². The first-order valence-electron chi connectivity index (χ1n) is 8.63. The van der Waals surface area contributed by atoms with Crippen molar-refractivity contribution in [3.8, 4) is 0 Å². The molecule has 1 aliphatic heterocycles. The van der Waals surface area contributed by atoms with Gasteiger partial charge in [-0.25, -0.2) is 0 Å². The quantitative estimate of drug-likeness (QED) is 0.377. The van der Waals surface area contributed by atoms with Crippen molar-refractivity contribution in [3.05, 3.63) is 23.8 Å². The van der Waals surface area contributed by atoms with Crippen LogP contribution in [-0.4, -0.2) is 31.0 Å². The SMILES string of the molecule is CCC/C=N/N=C(/C)NC(=O)c1cc(N2CCCCC2)ccc1N. The smallest absolute Gasteiger partial charge is 0.258 e. The number of carbonyl (C=O) groups is 1. The molecule has 1 heterocycles. The van der Waals surface area contributed by atoms with Crippen LogP contribution in [0.25, 0.3) is 0 Å². The average molecular weight is 329 g/mol. The molecule has 2 rings (SSSR count). The molecule has 130 valence electrons. The first-order valence-corrected chi connectivity index (χ1v) is 8.63. The molecule has 0 spiro atoms. The monoisotopic (exact) mass is 329 g/mol. The van der Waals surface area contributed by atoms with E-state index in [-0.39, 0.29) is 5.91 Å². The zero-order valence-corrected chi connectivity index (χ0v) is 14.6. The maximum absolute atomic E-state index is 12.5. The van der Waals surface area contributed by atoms with Gasteiger partial charge in [0.25, 0.3) is 5.91 Å². The molecule has 3 N–H and O–H groups in total. The maximum atomic E-state index is 12.5. The lowest BCUT2D eigenvalue weighted by molar-refractivity contribution is 0.0977. The van der Waals surface area contributed by atoms with E-state index in [9.17, 15) is 4.79 Å². The first kappa shape index (κ1) is 18.0. The van der Waals surface area contributed by atoms with Crippen LogP contribution < -0.4 is 16.0 Å². The molecule has 0 bridgehead atoms. The van der Waals surface area contributed by atoms with Gasteiger partial charge >= 0.3 is 0 Å². The van der Waals surface area contributed by atoms with Gasteiger partial charge < -0.3 is 16.0 Å². The predicted molar refractivity (Wildman–Crippen MR) is 101 cm³/mol. The van der Waals surface area contributed by atoms with Gasteiger partial charge in [0.2, 0.25) is 0 Å². The van der Waals surface area contributed by atoms with Crippen LogP contribution >= 0.6 is 0 Å². The van der Waals surface area contributed by atoms with Gasteiger partial charge in [0.1, 0.15) is 5.84 Å². The van der Waals surface area contributed by atoms with Crippen LogP contribution in [0.1, 0.15) is 56.3 Å². The molecule has 1 saturated heterocycles. The number of nitrogens with two attached hydrogens (primary N) is 1. The summed E-state index contributed by atoms with van der Waals surface area (Å²) in [5.74, 6) is 0.202. The van der Waals surface area contributed by atoms with E-state index < -0.39 is 0 Å². The Morgan fingerprint density at radius 2 is 2.08 bits per heavy atom. The molecule has 0 unspecified atom stereocenters. The van der Waals surface area contributed by atoms with E-state index in [0.29, 0.717) is 17.1 Å². The third kappa shape index (κ3) is 5.08. The van der Waals surface area contributed by atoms with Crippen molar-refractivity contribution in [2.45, 2.75) is 46.0 Å². The molecule has 1 aromatic carbocycles. The molecule has 6 heteroatoms. The lowest BCUT2D eigenvalue weighted by Gasteiger charge is -2.29. The van der Waals surface area contributed by atoms with E-state index in [1.165, 1.54) is 19.3 Å². The van der Waals surface area contributed by atoms with Crippen LogP contribution in [0.15, 0.2) is 28.4 Å². The number of hydrogen-bond donors (Lipinski definition) is 2. The zero-order chi connectivity index (χ0) is 17.4. The van der Waals surface area contributed by atoms with E-state index in [0.717, 1.165) is 31.6 Å². The van der Waals surface area contributed by atoms with Crippen LogP contribution in [0.5, 0.6) is 0 Å². The molecule has 0 aliphatic carbocycles. The molecule has 1 fully saturated rings. The summed E-state index contributed by atoms with van der Waals surface area (Å²) in [7, 11) is 0. The Morgan fingerprint density at radius 3 is 2.79 bits per heavy atom. The summed E-state index contributed by atoms with van der Waals surface area (Å²) in [6.07, 6.45) is 7.27. The number of rotatable bonds is 5. The van der Waals surface area contributed by atoms with Crippen molar-refractivity contribution in [3.63, 3.8) is 0 Å². The number of unbranched alkanes of at least 4 members (excludes halogenated alkanes) is 1. The summed E-state index contributed by atoms with van der Waals surface area (Å²) in [5.41, 5.74) is 7.98. The number of piperidine rings is 1. The Kier molecular flexibility index (Phi) is 6.78. The maximum Gasteiger partial charge on any atom is 0.258 e. The number of nitrogens with one attached hydrogen (secondary N) is 1. The van der Waals surface area contributed by atoms with Gasteiger partial charge in [0, 0.05) is 30.7 Å². The van der Waals surface area contributed by atoms with Gasteiger partial charge in [-0.15, -0.1) is 5.10 Å². The van der Waals surface area contributed by atoms with Crippen molar-refractivity contribution in [1.82, 2.24) is 5.32 Å². The van der Waals surface area contributed by atoms with E-state index in [1.807, 2.05) is 12.1 Å². The Labute approximate surface area is 143 Å². The molecular weight excluding hydrogens is 302 g/mol. The summed E-state index contributed by atoms with van der Waals surface area (Å²) < 4.78 is 0. The number of nitrogen functional groups attached to an aromatic ring is 1. The predicted octanol–water partition coefficient (Wildman–Crippen LogP) is 3.19. The van der Waals surface area contributed by atoms with Gasteiger partial charge in [-0.2, -0.15) is 5.10 Å². The molecule has 24 heavy (non-hydrogen) atoms. The summed E-state index contributed by atoms with van der Waals surface area (Å²) in [4.78, 5) is 14.8. The minimum Gasteiger partial charge on any atom is -0.398 e. The highest BCUT2D eigenvalue weighted by molar-refractivity contribution is 6.08. The van der Waals surface area contributed by atoms with Gasteiger partial charge in [-0.1, -0.05) is 13.3 Å². The Morgan fingerprint density at radius 1 is 1.33 bits per heavy atom. The lowest BCUT2D eigenvalue weighted by Crippen LogP contribution is -2.31. The van der Waals surface area contributed by atoms with Gasteiger partial charge in [0.05, 0.1) is 5.56 Å². The molecule has 6 nitrogen and oxygen atoms in total. The molecular formula is C18H27N5O. The number of hydrogen-bond acceptors (Lipinski definition) is 5. The van der Waals surface area contributed by atoms with Gasteiger partial charge in [-0.3, -0.25) is 4.79 Å². The average Bonchev–Trinajstić information content (AvgIpc) is 2.60. The van der Waals surface area contributed by atoms with E-state index in [4.69, 9.17) is 5.73 Å². The minimum absolute atomic E-state index is 0.252. The highest BCUT2D eigenvalue weighted by Gasteiger charge is 2.16. The second kappa shape index (κ2) is 9.05. The number of nitrogens with zero attached hydrogens (tertiary/aromatic N) is 3. The van der Waals surface area contributed by atoms with Crippen LogP contribution in [0.3, 0.4) is 0 Å². The van der Waals surface area contributed by atoms with Crippen molar-refractivity contribution in [1.29, 1.82) is 0 Å². The van der Waals surface area contributed by atoms with E-state index in [1.54, 1.807) is 19.2 Å². The molecule has 1 aliphatic rings. The highest BCUT2D eigenvalue weighted by Crippen LogP contribution is 2.24. The molecule has 0 aromatic heterocycles. The van der Waals surface area contributed by atoms with Crippen LogP contribution in [0, 0.1) is 0 Å². The van der Waals surface area contributed by atoms with E-state index in [2.05, 4.69) is 27.3 Å². The van der Waals surface area contributed by atoms with Crippen LogP contribution in [0.4, 0.5) is 11.4 Å². The molecule has 0 atom stereocenters. The first-order chi connectivity index (χ1) is 11.6. The second-order valence-electron chi connectivity index (χ2n) is 6.05. The van der Waals surface area contributed by atoms with Crippen LogP contribution in [-0.2, 0) is 0 Å². The van der Waals surface area contributed by atoms with Crippen molar-refractivity contribution < 1.29 is 4.79 Å². The largest absolute Gasteiger partial charge is 0.398 e. The minimum atomic E-state index is -0.252. The number of amides is 1. The highest BCUT2D eigenvalue weighted by atomic mass is 16.1. The third-order valence-corrected chi connectivity index (χ3v) is 4.00. The Balaban J connectivity index is 2.07. The fourth-order valence-electron chi connectivity index (χ4n) is 2.66. The van der Waals surface area contributed by atoms with E-state index >= 15 is 0 Å². The van der Waals surface area contributed by atoms with Gasteiger partial charge in [0.15, 0.2) is 0 Å². The number of anilines is 2. The topological polar surface area (TPSA) is 83.1 Å². The summed E-state index contributed by atoms with van der Waals surface area (Å²) >= 11 is 0. The molecule has 0 radical (unpaired) electrons. The summed E-state index contributed by atoms with van der Waals surface area (Å²) in [6.45, 7) is 5.84. The third-order valence-electron chi connectivity index (χ3n) is 4.00. The van der Waals surface area contributed by atoms with Gasteiger partial charge in [-0.05, 0) is 50.8 Å². The summed E-state index contributed by atoms with van der Waals surface area (Å²) in [5, 5.41) is 10.6. The fourth-order valence-corrected chi connectivity index (χ4v) is 2.66. The van der Waals surface area contributed by atoms with Crippen molar-refractivity contribution in [2.75, 3.05) is 23.7 Å². The molecule has 0 saturated carbocycles. The number of carbonyl (C=O) groups excluding carboxylic acids is 1. The standard InChI is InChI=1S/C18H27N5O/c1-3-4-10-20-22-14(2)21-18(24)16-13-15(8-9-17(16)19)23-11-6-5-7-12-23/h8-10,13H,3-7,11-12,19H2,1-2H3,(H,21,22,24)/b20-10+. The molecule has 1 aromatic rings. The second-order valence-corrected chi connectivity index (χ2v) is 6.05. The normalized spacial score (nSPS) is 15.8. The molecule has 1 amide bonds. The zero-order valence-electron chi connectivity index (χ0n) is 14.6. The van der Waals surface area contributed by atoms with Crippen LogP contribution in [0.2, 0.25) is 0 Å². The Bertz CT molecular complexity index is 618.